The van der Waals surface area contributed by atoms with Crippen molar-refractivity contribution < 1.29 is 0 Å². The Morgan fingerprint density at radius 1 is 1.38 bits per heavy atom. The molecular formula is C10H10S3. The van der Waals surface area contributed by atoms with E-state index >= 15 is 0 Å². The van der Waals surface area contributed by atoms with Crippen LogP contribution in [0.4, 0.5) is 0 Å². The second-order valence-electron chi connectivity index (χ2n) is 2.91. The van der Waals surface area contributed by atoms with Crippen LogP contribution >= 0.6 is 35.7 Å². The molecule has 0 amide bonds. The van der Waals surface area contributed by atoms with Crippen LogP contribution in [0.25, 0.3) is 10.1 Å². The summed E-state index contributed by atoms with van der Waals surface area (Å²) in [5, 5.41) is 3.38. The Hall–Kier alpha value is -0.120. The van der Waals surface area contributed by atoms with Crippen molar-refractivity contribution in [3.05, 3.63) is 23.1 Å². The van der Waals surface area contributed by atoms with Crippen molar-refractivity contribution in [2.75, 3.05) is 6.26 Å². The van der Waals surface area contributed by atoms with Crippen LogP contribution in [0.5, 0.6) is 0 Å². The molecule has 0 aliphatic rings. The van der Waals surface area contributed by atoms with Crippen molar-refractivity contribution in [2.45, 2.75) is 16.7 Å². The summed E-state index contributed by atoms with van der Waals surface area (Å²) in [5.74, 6) is 0. The number of thiol groups is 1. The predicted octanol–water partition coefficient (Wildman–Crippen LogP) is 4.22. The van der Waals surface area contributed by atoms with E-state index in [1.54, 1.807) is 11.3 Å². The largest absolute Gasteiger partial charge is 0.142 e. The number of fused-ring (bicyclic) bond motifs is 1. The van der Waals surface area contributed by atoms with Crippen LogP contribution in [-0.4, -0.2) is 6.26 Å². The molecule has 0 nitrogen and oxygen atoms in total. The quantitative estimate of drug-likeness (QED) is 0.561. The molecule has 0 aliphatic carbocycles. The minimum atomic E-state index is 1.09. The maximum Gasteiger partial charge on any atom is 0.0492 e. The maximum absolute atomic E-state index is 4.42. The van der Waals surface area contributed by atoms with Gasteiger partial charge in [-0.05, 0) is 18.7 Å². The fraction of sp³-hybridized carbons (Fsp3) is 0.200. The highest BCUT2D eigenvalue weighted by molar-refractivity contribution is 7.99. The minimum absolute atomic E-state index is 1.09. The highest BCUT2D eigenvalue weighted by Gasteiger charge is 2.07. The Morgan fingerprint density at radius 2 is 2.15 bits per heavy atom. The van der Waals surface area contributed by atoms with Crippen LogP contribution in [0.1, 0.15) is 5.56 Å². The Morgan fingerprint density at radius 3 is 2.85 bits per heavy atom. The summed E-state index contributed by atoms with van der Waals surface area (Å²) in [7, 11) is 0. The average Bonchev–Trinajstić information content (AvgIpc) is 2.48. The molecule has 0 spiro atoms. The molecule has 0 atom stereocenters. The molecule has 0 fully saturated rings. The van der Waals surface area contributed by atoms with Crippen molar-refractivity contribution in [1.29, 1.82) is 0 Å². The van der Waals surface area contributed by atoms with E-state index in [-0.39, 0.29) is 0 Å². The molecule has 3 heteroatoms. The van der Waals surface area contributed by atoms with Crippen LogP contribution in [0, 0.1) is 6.92 Å². The summed E-state index contributed by atoms with van der Waals surface area (Å²) >= 11 is 8.02. The molecule has 0 unspecified atom stereocenters. The standard InChI is InChI=1S/C10H10S3/c1-6-3-4-7-8(11)5-13-10(7)9(6)12-2/h3-5,11H,1-2H3. The Kier molecular flexibility index (Phi) is 2.58. The summed E-state index contributed by atoms with van der Waals surface area (Å²) in [5.41, 5.74) is 1.36. The zero-order chi connectivity index (χ0) is 9.42. The fourth-order valence-corrected chi connectivity index (χ4v) is 3.84. The van der Waals surface area contributed by atoms with Crippen LogP contribution in [0.3, 0.4) is 0 Å². The number of benzene rings is 1. The topological polar surface area (TPSA) is 0 Å². The summed E-state index contributed by atoms with van der Waals surface area (Å²) in [4.78, 5) is 2.48. The molecule has 0 saturated heterocycles. The van der Waals surface area contributed by atoms with Gasteiger partial charge in [-0.3, -0.25) is 0 Å². The van der Waals surface area contributed by atoms with E-state index in [0.717, 1.165) is 4.90 Å². The molecule has 2 aromatic rings. The first kappa shape index (κ1) is 9.44. The first-order chi connectivity index (χ1) is 6.24. The Labute approximate surface area is 91.8 Å². The van der Waals surface area contributed by atoms with Gasteiger partial charge in [0.05, 0.1) is 0 Å². The molecule has 0 saturated carbocycles. The number of thioether (sulfide) groups is 1. The smallest absolute Gasteiger partial charge is 0.0492 e. The number of thiophene rings is 1. The van der Waals surface area contributed by atoms with Crippen LogP contribution < -0.4 is 0 Å². The normalized spacial score (nSPS) is 11.0. The van der Waals surface area contributed by atoms with Gasteiger partial charge >= 0.3 is 0 Å². The lowest BCUT2D eigenvalue weighted by Gasteiger charge is -2.03. The van der Waals surface area contributed by atoms with Crippen LogP contribution in [0.2, 0.25) is 0 Å². The maximum atomic E-state index is 4.42. The van der Waals surface area contributed by atoms with Crippen LogP contribution in [-0.2, 0) is 0 Å². The van der Waals surface area contributed by atoms with Crippen molar-refractivity contribution in [2.24, 2.45) is 0 Å². The molecule has 1 aromatic heterocycles. The van der Waals surface area contributed by atoms with Gasteiger partial charge < -0.3 is 0 Å². The molecule has 2 rings (SSSR count). The van der Waals surface area contributed by atoms with Gasteiger partial charge in [0.25, 0.3) is 0 Å². The van der Waals surface area contributed by atoms with Crippen molar-refractivity contribution in [1.82, 2.24) is 0 Å². The highest BCUT2D eigenvalue weighted by Crippen LogP contribution is 2.37. The van der Waals surface area contributed by atoms with Gasteiger partial charge in [-0.15, -0.1) is 35.7 Å². The number of hydrogen-bond donors (Lipinski definition) is 1. The van der Waals surface area contributed by atoms with Gasteiger partial charge in [0, 0.05) is 25.3 Å². The third kappa shape index (κ3) is 1.49. The monoisotopic (exact) mass is 226 g/mol. The average molecular weight is 226 g/mol. The lowest BCUT2D eigenvalue weighted by atomic mass is 10.2. The van der Waals surface area contributed by atoms with E-state index in [1.165, 1.54) is 20.5 Å². The molecule has 1 heterocycles. The third-order valence-corrected chi connectivity index (χ3v) is 4.70. The van der Waals surface area contributed by atoms with E-state index in [4.69, 9.17) is 0 Å². The third-order valence-electron chi connectivity index (χ3n) is 2.08. The first-order valence-electron chi connectivity index (χ1n) is 3.98. The van der Waals surface area contributed by atoms with Gasteiger partial charge in [-0.2, -0.15) is 0 Å². The van der Waals surface area contributed by atoms with E-state index in [1.807, 2.05) is 11.8 Å². The number of rotatable bonds is 1. The zero-order valence-electron chi connectivity index (χ0n) is 7.50. The van der Waals surface area contributed by atoms with E-state index in [9.17, 15) is 0 Å². The SMILES string of the molecule is CSc1c(C)ccc2c(S)csc12. The molecule has 68 valence electrons. The molecule has 0 radical (unpaired) electrons. The zero-order valence-corrected chi connectivity index (χ0v) is 10.0. The molecule has 1 aromatic carbocycles. The molecule has 0 aliphatic heterocycles. The van der Waals surface area contributed by atoms with Gasteiger partial charge in [0.2, 0.25) is 0 Å². The molecular weight excluding hydrogens is 216 g/mol. The van der Waals surface area contributed by atoms with Crippen molar-refractivity contribution in [3.8, 4) is 0 Å². The number of hydrogen-bond acceptors (Lipinski definition) is 3. The molecule has 13 heavy (non-hydrogen) atoms. The van der Waals surface area contributed by atoms with Crippen molar-refractivity contribution >= 4 is 45.8 Å². The fourth-order valence-electron chi connectivity index (χ4n) is 1.41. The summed E-state index contributed by atoms with van der Waals surface area (Å²) in [6, 6.07) is 4.32. The van der Waals surface area contributed by atoms with Gasteiger partial charge in [-0.25, -0.2) is 0 Å². The lowest BCUT2D eigenvalue weighted by molar-refractivity contribution is 1.36. The summed E-state index contributed by atoms with van der Waals surface area (Å²) in [6.07, 6.45) is 2.12. The highest BCUT2D eigenvalue weighted by atomic mass is 32.2. The number of aryl methyl sites for hydroxylation is 1. The van der Waals surface area contributed by atoms with Gasteiger partial charge in [0.15, 0.2) is 0 Å². The van der Waals surface area contributed by atoms with E-state index < -0.39 is 0 Å². The summed E-state index contributed by atoms with van der Waals surface area (Å²) in [6.45, 7) is 2.16. The minimum Gasteiger partial charge on any atom is -0.142 e. The van der Waals surface area contributed by atoms with E-state index in [0.29, 0.717) is 0 Å². The first-order valence-corrected chi connectivity index (χ1v) is 6.53. The van der Waals surface area contributed by atoms with Crippen molar-refractivity contribution in [3.63, 3.8) is 0 Å². The lowest BCUT2D eigenvalue weighted by Crippen LogP contribution is -1.78. The molecule has 0 bridgehead atoms. The van der Waals surface area contributed by atoms with E-state index in [2.05, 4.69) is 43.3 Å². The second-order valence-corrected chi connectivity index (χ2v) is 5.09. The summed E-state index contributed by atoms with van der Waals surface area (Å²) < 4.78 is 1.37. The predicted molar refractivity (Wildman–Crippen MR) is 65.6 cm³/mol. The van der Waals surface area contributed by atoms with Gasteiger partial charge in [0.1, 0.15) is 0 Å². The van der Waals surface area contributed by atoms with Crippen LogP contribution in [0.15, 0.2) is 27.3 Å². The van der Waals surface area contributed by atoms with Gasteiger partial charge in [-0.1, -0.05) is 12.1 Å². The Bertz CT molecular complexity index is 443. The Balaban J connectivity index is 2.85. The molecule has 0 N–H and O–H groups in total. The second kappa shape index (κ2) is 3.56.